The summed E-state index contributed by atoms with van der Waals surface area (Å²) in [6.45, 7) is 16.8. The Morgan fingerprint density at radius 1 is 0.267 bits per heavy atom. The smallest absolute Gasteiger partial charge is 0.228 e. The molecule has 5 heterocycles. The van der Waals surface area contributed by atoms with Crippen LogP contribution in [0.1, 0.15) is 44.5 Å². The van der Waals surface area contributed by atoms with E-state index in [0.29, 0.717) is 44.9 Å². The van der Waals surface area contributed by atoms with Gasteiger partial charge in [-0.1, -0.05) is 267 Å². The summed E-state index contributed by atoms with van der Waals surface area (Å²) in [5.41, 5.74) is 25.0. The van der Waals surface area contributed by atoms with E-state index in [1.54, 1.807) is 6.07 Å². The van der Waals surface area contributed by atoms with Gasteiger partial charge in [-0.3, -0.25) is 0 Å². The zero-order valence-electron chi connectivity index (χ0n) is 64.1. The van der Waals surface area contributed by atoms with Crippen molar-refractivity contribution in [3.05, 3.63) is 437 Å². The topological polar surface area (TPSA) is 129 Å². The third-order valence-corrected chi connectivity index (χ3v) is 24.5. The molecule has 0 bridgehead atoms. The molecule has 1 aliphatic rings. The highest BCUT2D eigenvalue weighted by Gasteiger charge is 2.47. The van der Waals surface area contributed by atoms with Gasteiger partial charge in [0.05, 0.1) is 119 Å². The Hall–Kier alpha value is -17.3. The first kappa shape index (κ1) is 69.4. The van der Waals surface area contributed by atoms with Gasteiger partial charge in [-0.2, -0.15) is 21.0 Å². The molecule has 0 fully saturated rings. The Morgan fingerprint density at radius 2 is 0.700 bits per heavy atom. The number of hydrogen-bond donors (Lipinski definition) is 0. The Bertz CT molecular complexity index is 8270. The molecule has 0 aliphatic heterocycles. The zero-order chi connectivity index (χ0) is 80.4. The van der Waals surface area contributed by atoms with Crippen molar-refractivity contribution in [1.29, 1.82) is 21.0 Å². The molecule has 0 saturated heterocycles. The predicted octanol–water partition coefficient (Wildman–Crippen LogP) is 27.1. The number of nitriles is 4. The molecule has 22 aromatic rings. The fourth-order valence-corrected chi connectivity index (χ4v) is 19.7. The predicted molar refractivity (Wildman–Crippen MR) is 484 cm³/mol. The van der Waals surface area contributed by atoms with Crippen molar-refractivity contribution in [2.24, 2.45) is 0 Å². The van der Waals surface area contributed by atoms with Crippen molar-refractivity contribution in [1.82, 2.24) is 22.8 Å². The fraction of sp³-hybridized carbons (Fsp3) is 0.00917. The lowest BCUT2D eigenvalue weighted by molar-refractivity contribution is 0.769. The molecule has 0 N–H and O–H groups in total. The van der Waals surface area contributed by atoms with Crippen LogP contribution in [-0.4, -0.2) is 22.8 Å². The number of nitrogens with zero attached hydrogens (tertiary/aromatic N) is 11. The highest BCUT2D eigenvalue weighted by atomic mass is 15.0. The van der Waals surface area contributed by atoms with Gasteiger partial charge in [-0.15, -0.1) is 0 Å². The number of rotatable bonds is 9. The van der Waals surface area contributed by atoms with Gasteiger partial charge in [0, 0.05) is 76.5 Å². The van der Waals surface area contributed by atoms with Crippen molar-refractivity contribution in [2.75, 3.05) is 0 Å². The zero-order valence-corrected chi connectivity index (χ0v) is 64.1. The standard InChI is InChI=1S/C58H33N5.C51H28N6/c1-61-57-46(36-60)54(38(35-59)34-53(57)63-49-25-13-9-20-42(49)43-21-10-14-26-50(43)63)37-28-30-41(31-29-37)62-51-27-15-11-23-45(51)56-52(62)33-32-48-55(56)44-22-8-12-24-47(44)58(48,39-16-4-2-5-17-39)40-18-6-3-7-19-40;1-54-43-29-33(23-24-35(43)34-25-27-48(42(31-53)41(34)30-52)57-45-20-10-5-15-36(45)37-16-6-11-21-46(37)57)55-47-22-12-8-18-40(47)50-49(55)28-26-39-38-17-7-9-19-44(38)56(51(39)50)32-13-3-2-4-14-32/h2-34H;2-29H. The van der Waals surface area contributed by atoms with Crippen molar-refractivity contribution < 1.29 is 0 Å². The summed E-state index contributed by atoms with van der Waals surface area (Å²) in [5.74, 6) is 0. The molecule has 0 radical (unpaired) electrons. The van der Waals surface area contributed by atoms with Gasteiger partial charge in [0.1, 0.15) is 12.1 Å². The number of hydrogen-bond acceptors (Lipinski definition) is 4. The second-order valence-electron chi connectivity index (χ2n) is 30.2. The van der Waals surface area contributed by atoms with E-state index in [9.17, 15) is 21.0 Å². The van der Waals surface area contributed by atoms with Crippen LogP contribution in [0.15, 0.2) is 370 Å². The summed E-state index contributed by atoms with van der Waals surface area (Å²) in [6, 6.07) is 137. The summed E-state index contributed by atoms with van der Waals surface area (Å²) in [4.78, 5) is 8.02. The van der Waals surface area contributed by atoms with E-state index in [2.05, 4.69) is 289 Å². The molecule has 0 amide bonds. The highest BCUT2D eigenvalue weighted by molar-refractivity contribution is 6.27. The Morgan fingerprint density at radius 3 is 1.24 bits per heavy atom. The van der Waals surface area contributed by atoms with E-state index in [4.69, 9.17) is 13.1 Å². The number of benzene rings is 17. The van der Waals surface area contributed by atoms with Gasteiger partial charge < -0.3 is 22.8 Å². The summed E-state index contributed by atoms with van der Waals surface area (Å²) < 4.78 is 11.0. The van der Waals surface area contributed by atoms with Crippen LogP contribution in [0.5, 0.6) is 0 Å². The SMILES string of the molecule is [C-]#[N+]c1c(-n2c3ccccc3c3ccccc32)cc(C#N)c(-c2ccc(-n3c4ccccc4c4c5c(ccc43)C(c3ccccc3)(c3ccccc3)c3ccccc3-5)cc2)c1C#N.[C-]#[N+]c1cc(-n2c3ccccc3c3c2ccc2c4ccccc4n(-c4ccccc4)c23)ccc1-c1ccc(-n2c3ccccc3c3ccccc32)c(C#N)c1C#N. The first-order valence-electron chi connectivity index (χ1n) is 39.6. The van der Waals surface area contributed by atoms with Crippen molar-refractivity contribution in [2.45, 2.75) is 5.41 Å². The van der Waals surface area contributed by atoms with Crippen LogP contribution in [0.3, 0.4) is 0 Å². The molecule has 1 aliphatic carbocycles. The molecule has 552 valence electrons. The van der Waals surface area contributed by atoms with E-state index in [1.807, 2.05) is 132 Å². The van der Waals surface area contributed by atoms with Crippen LogP contribution in [0, 0.1) is 58.5 Å². The van der Waals surface area contributed by atoms with Crippen LogP contribution >= 0.6 is 0 Å². The van der Waals surface area contributed by atoms with Gasteiger partial charge in [-0.05, 0) is 153 Å². The molecule has 0 spiro atoms. The minimum atomic E-state index is -0.522. The number of para-hydroxylation sites is 8. The van der Waals surface area contributed by atoms with Crippen LogP contribution < -0.4 is 0 Å². The van der Waals surface area contributed by atoms with E-state index < -0.39 is 5.41 Å². The highest BCUT2D eigenvalue weighted by Crippen LogP contribution is 2.59. The summed E-state index contributed by atoms with van der Waals surface area (Å²) in [7, 11) is 0. The summed E-state index contributed by atoms with van der Waals surface area (Å²) in [5, 5.41) is 54.1. The maximum absolute atomic E-state index is 10.8. The third kappa shape index (κ3) is 9.98. The Balaban J connectivity index is 0.000000145. The molecule has 17 aromatic carbocycles. The first-order valence-corrected chi connectivity index (χ1v) is 39.6. The molecule has 0 saturated carbocycles. The molecule has 11 heteroatoms. The molecule has 5 aromatic heterocycles. The fourth-order valence-electron chi connectivity index (χ4n) is 19.7. The quantitative estimate of drug-likeness (QED) is 0.133. The van der Waals surface area contributed by atoms with Crippen LogP contribution in [0.2, 0.25) is 0 Å². The lowest BCUT2D eigenvalue weighted by atomic mass is 9.67. The van der Waals surface area contributed by atoms with Gasteiger partial charge in [0.2, 0.25) is 5.69 Å². The molecular formula is C109H61N11. The molecule has 23 rings (SSSR count). The minimum Gasteiger partial charge on any atom is -0.319 e. The monoisotopic (exact) mass is 1520 g/mol. The van der Waals surface area contributed by atoms with E-state index in [0.717, 1.165) is 110 Å². The summed E-state index contributed by atoms with van der Waals surface area (Å²) in [6.07, 6.45) is 0. The number of fused-ring (bicyclic) bond motifs is 20. The molecule has 120 heavy (non-hydrogen) atoms. The average Bonchev–Trinajstić information content (AvgIpc) is 1.51. The molecular weight excluding hydrogens is 1460 g/mol. The van der Waals surface area contributed by atoms with Gasteiger partial charge in [-0.25, -0.2) is 9.69 Å². The largest absolute Gasteiger partial charge is 0.319 e. The van der Waals surface area contributed by atoms with Crippen molar-refractivity contribution >= 4 is 120 Å². The molecule has 0 atom stereocenters. The normalized spacial score (nSPS) is 12.0. The van der Waals surface area contributed by atoms with Gasteiger partial charge in [0.15, 0.2) is 5.69 Å². The second-order valence-corrected chi connectivity index (χ2v) is 30.2. The van der Waals surface area contributed by atoms with E-state index >= 15 is 0 Å². The molecule has 11 nitrogen and oxygen atoms in total. The third-order valence-electron chi connectivity index (χ3n) is 24.5. The first-order chi connectivity index (χ1) is 59.4. The average molecular weight is 1520 g/mol. The van der Waals surface area contributed by atoms with Gasteiger partial charge >= 0.3 is 0 Å². The van der Waals surface area contributed by atoms with Crippen LogP contribution in [0.4, 0.5) is 11.4 Å². The lowest BCUT2D eigenvalue weighted by Gasteiger charge is -2.33. The molecule has 0 unspecified atom stereocenters. The lowest BCUT2D eigenvalue weighted by Crippen LogP contribution is -2.28. The maximum atomic E-state index is 10.8. The van der Waals surface area contributed by atoms with Crippen LogP contribution in [0.25, 0.3) is 181 Å². The van der Waals surface area contributed by atoms with Crippen molar-refractivity contribution in [3.8, 4) is 86.1 Å². The van der Waals surface area contributed by atoms with Gasteiger partial charge in [0.25, 0.3) is 0 Å². The van der Waals surface area contributed by atoms with E-state index in [-0.39, 0.29) is 22.4 Å². The second kappa shape index (κ2) is 27.5. The maximum Gasteiger partial charge on any atom is 0.228 e. The van der Waals surface area contributed by atoms with Crippen molar-refractivity contribution in [3.63, 3.8) is 0 Å². The van der Waals surface area contributed by atoms with Crippen LogP contribution in [-0.2, 0) is 5.41 Å². The van der Waals surface area contributed by atoms with E-state index in [1.165, 1.54) is 49.5 Å². The Kier molecular flexibility index (Phi) is 15.9. The minimum absolute atomic E-state index is 0.181. The number of aromatic nitrogens is 5. The summed E-state index contributed by atoms with van der Waals surface area (Å²) >= 11 is 0. The Labute approximate surface area is 688 Å².